The van der Waals surface area contributed by atoms with Crippen LogP contribution in [-0.2, 0) is 9.53 Å². The lowest BCUT2D eigenvalue weighted by molar-refractivity contribution is -0.141. The lowest BCUT2D eigenvalue weighted by Crippen LogP contribution is -1.99. The summed E-state index contributed by atoms with van der Waals surface area (Å²) in [6.07, 6.45) is 15.7. The molecule has 17 heavy (non-hydrogen) atoms. The van der Waals surface area contributed by atoms with Crippen molar-refractivity contribution < 1.29 is 9.53 Å². The first-order valence-electron chi connectivity index (χ1n) is 7.05. The Bertz CT molecular complexity index is 197. The molecular weight excluding hydrogens is 212 g/mol. The molecule has 0 saturated heterocycles. The van der Waals surface area contributed by atoms with Gasteiger partial charge in [-0.1, -0.05) is 38.3 Å². The largest absolute Gasteiger partial charge is 0.466 e. The second kappa shape index (κ2) is 13.3. The maximum Gasteiger partial charge on any atom is 0.302 e. The van der Waals surface area contributed by atoms with Crippen molar-refractivity contribution in [2.45, 2.75) is 71.6 Å². The summed E-state index contributed by atoms with van der Waals surface area (Å²) < 4.78 is 4.87. The first-order chi connectivity index (χ1) is 8.27. The fraction of sp³-hybridized carbons (Fsp3) is 0.800. The van der Waals surface area contributed by atoms with Crippen LogP contribution in [0.5, 0.6) is 0 Å². The SMILES string of the molecule is CCCCCCC=CCCCCCOC(C)=O. The second-order valence-corrected chi connectivity index (χ2v) is 4.51. The number of esters is 1. The Morgan fingerprint density at radius 3 is 2.06 bits per heavy atom. The van der Waals surface area contributed by atoms with E-state index in [0.717, 1.165) is 19.3 Å². The Morgan fingerprint density at radius 1 is 0.941 bits per heavy atom. The van der Waals surface area contributed by atoms with Crippen LogP contribution in [0.2, 0.25) is 0 Å². The van der Waals surface area contributed by atoms with Crippen molar-refractivity contribution in [2.24, 2.45) is 0 Å². The van der Waals surface area contributed by atoms with Crippen LogP contribution >= 0.6 is 0 Å². The van der Waals surface area contributed by atoms with E-state index in [1.807, 2.05) is 0 Å². The summed E-state index contributed by atoms with van der Waals surface area (Å²) in [7, 11) is 0. The molecule has 0 saturated carbocycles. The summed E-state index contributed by atoms with van der Waals surface area (Å²) in [5.74, 6) is -0.169. The summed E-state index contributed by atoms with van der Waals surface area (Å²) in [4.78, 5) is 10.5. The molecular formula is C15H28O2. The first kappa shape index (κ1) is 16.2. The number of allylic oxidation sites excluding steroid dienone is 2. The number of ether oxygens (including phenoxy) is 1. The molecule has 0 atom stereocenters. The molecule has 0 N–H and O–H groups in total. The third-order valence-electron chi connectivity index (χ3n) is 2.71. The monoisotopic (exact) mass is 240 g/mol. The van der Waals surface area contributed by atoms with E-state index < -0.39 is 0 Å². The molecule has 0 aromatic rings. The van der Waals surface area contributed by atoms with Crippen molar-refractivity contribution in [1.82, 2.24) is 0 Å². The van der Waals surface area contributed by atoms with E-state index in [9.17, 15) is 4.79 Å². The number of hydrogen-bond acceptors (Lipinski definition) is 2. The van der Waals surface area contributed by atoms with Crippen LogP contribution in [0.4, 0.5) is 0 Å². The highest BCUT2D eigenvalue weighted by Crippen LogP contribution is 2.05. The normalized spacial score (nSPS) is 10.9. The molecule has 0 amide bonds. The number of carbonyl (C=O) groups is 1. The second-order valence-electron chi connectivity index (χ2n) is 4.51. The standard InChI is InChI=1S/C15H28O2/c1-3-4-5-6-7-8-9-10-11-12-13-14-17-15(2)16/h8-9H,3-7,10-14H2,1-2H3. The lowest BCUT2D eigenvalue weighted by Gasteiger charge is -2.00. The molecule has 0 fully saturated rings. The van der Waals surface area contributed by atoms with Gasteiger partial charge < -0.3 is 4.74 Å². The molecule has 0 bridgehead atoms. The molecule has 0 radical (unpaired) electrons. The zero-order valence-corrected chi connectivity index (χ0v) is 11.5. The van der Waals surface area contributed by atoms with E-state index >= 15 is 0 Å². The minimum atomic E-state index is -0.169. The van der Waals surface area contributed by atoms with E-state index in [-0.39, 0.29) is 5.97 Å². The zero-order valence-electron chi connectivity index (χ0n) is 11.5. The van der Waals surface area contributed by atoms with Gasteiger partial charge in [-0.15, -0.1) is 0 Å². The van der Waals surface area contributed by atoms with E-state index in [0.29, 0.717) is 6.61 Å². The lowest BCUT2D eigenvalue weighted by atomic mass is 10.1. The van der Waals surface area contributed by atoms with Crippen LogP contribution in [0.1, 0.15) is 71.6 Å². The molecule has 2 nitrogen and oxygen atoms in total. The van der Waals surface area contributed by atoms with Crippen LogP contribution in [0.3, 0.4) is 0 Å². The molecule has 100 valence electrons. The average molecular weight is 240 g/mol. The molecule has 0 aliphatic carbocycles. The maximum atomic E-state index is 10.5. The topological polar surface area (TPSA) is 26.3 Å². The molecule has 0 spiro atoms. The quantitative estimate of drug-likeness (QED) is 0.299. The van der Waals surface area contributed by atoms with E-state index in [1.165, 1.54) is 45.4 Å². The Kier molecular flexibility index (Phi) is 12.7. The molecule has 0 aliphatic rings. The minimum Gasteiger partial charge on any atom is -0.466 e. The highest BCUT2D eigenvalue weighted by Gasteiger charge is 1.92. The molecule has 0 rings (SSSR count). The summed E-state index contributed by atoms with van der Waals surface area (Å²) >= 11 is 0. The van der Waals surface area contributed by atoms with E-state index in [4.69, 9.17) is 4.74 Å². The van der Waals surface area contributed by atoms with Crippen molar-refractivity contribution in [3.8, 4) is 0 Å². The molecule has 0 aromatic heterocycles. The van der Waals surface area contributed by atoms with Crippen molar-refractivity contribution in [1.29, 1.82) is 0 Å². The van der Waals surface area contributed by atoms with Gasteiger partial charge in [0, 0.05) is 6.92 Å². The summed E-state index contributed by atoms with van der Waals surface area (Å²) in [5, 5.41) is 0. The van der Waals surface area contributed by atoms with Gasteiger partial charge in [-0.25, -0.2) is 0 Å². The molecule has 2 heteroatoms. The van der Waals surface area contributed by atoms with Gasteiger partial charge in [0.25, 0.3) is 0 Å². The van der Waals surface area contributed by atoms with Gasteiger partial charge in [-0.2, -0.15) is 0 Å². The third kappa shape index (κ3) is 15.2. The highest BCUT2D eigenvalue weighted by molar-refractivity contribution is 5.65. The van der Waals surface area contributed by atoms with Crippen molar-refractivity contribution >= 4 is 5.97 Å². The number of unbranched alkanes of at least 4 members (excludes halogenated alkanes) is 7. The number of carbonyl (C=O) groups excluding carboxylic acids is 1. The summed E-state index contributed by atoms with van der Waals surface area (Å²) in [5.41, 5.74) is 0. The van der Waals surface area contributed by atoms with Crippen molar-refractivity contribution in [3.05, 3.63) is 12.2 Å². The number of hydrogen-bond donors (Lipinski definition) is 0. The van der Waals surface area contributed by atoms with Crippen molar-refractivity contribution in [2.75, 3.05) is 6.61 Å². The van der Waals surface area contributed by atoms with Crippen LogP contribution < -0.4 is 0 Å². The van der Waals surface area contributed by atoms with Gasteiger partial charge in [-0.3, -0.25) is 4.79 Å². The highest BCUT2D eigenvalue weighted by atomic mass is 16.5. The minimum absolute atomic E-state index is 0.169. The van der Waals surface area contributed by atoms with Gasteiger partial charge in [0.2, 0.25) is 0 Å². The van der Waals surface area contributed by atoms with E-state index in [1.54, 1.807) is 0 Å². The van der Waals surface area contributed by atoms with Crippen LogP contribution in [0.25, 0.3) is 0 Å². The van der Waals surface area contributed by atoms with Crippen molar-refractivity contribution in [3.63, 3.8) is 0 Å². The fourth-order valence-electron chi connectivity index (χ4n) is 1.68. The predicted molar refractivity (Wildman–Crippen MR) is 73.0 cm³/mol. The van der Waals surface area contributed by atoms with Gasteiger partial charge in [0.15, 0.2) is 0 Å². The average Bonchev–Trinajstić information content (AvgIpc) is 2.30. The smallest absolute Gasteiger partial charge is 0.302 e. The molecule has 0 unspecified atom stereocenters. The predicted octanol–water partition coefficient (Wildman–Crippen LogP) is 4.64. The third-order valence-corrected chi connectivity index (χ3v) is 2.71. The summed E-state index contributed by atoms with van der Waals surface area (Å²) in [6, 6.07) is 0. The van der Waals surface area contributed by atoms with Crippen LogP contribution in [-0.4, -0.2) is 12.6 Å². The Morgan fingerprint density at radius 2 is 1.53 bits per heavy atom. The Hall–Kier alpha value is -0.790. The fourth-order valence-corrected chi connectivity index (χ4v) is 1.68. The number of rotatable bonds is 11. The van der Waals surface area contributed by atoms with Gasteiger partial charge in [-0.05, 0) is 38.5 Å². The van der Waals surface area contributed by atoms with Gasteiger partial charge in [0.1, 0.15) is 0 Å². The van der Waals surface area contributed by atoms with E-state index in [2.05, 4.69) is 19.1 Å². The Balaban J connectivity index is 3.06. The van der Waals surface area contributed by atoms with Gasteiger partial charge >= 0.3 is 5.97 Å². The summed E-state index contributed by atoms with van der Waals surface area (Å²) in [6.45, 7) is 4.28. The zero-order chi connectivity index (χ0) is 12.8. The molecule has 0 aliphatic heterocycles. The van der Waals surface area contributed by atoms with Gasteiger partial charge in [0.05, 0.1) is 6.61 Å². The maximum absolute atomic E-state index is 10.5. The first-order valence-corrected chi connectivity index (χ1v) is 7.05. The van der Waals surface area contributed by atoms with Crippen LogP contribution in [0, 0.1) is 0 Å². The molecule has 0 aromatic carbocycles. The Labute approximate surface area is 106 Å². The van der Waals surface area contributed by atoms with Crippen LogP contribution in [0.15, 0.2) is 12.2 Å². The molecule has 0 heterocycles.